The minimum absolute atomic E-state index is 0.0270. The maximum absolute atomic E-state index is 5.67. The molecule has 4 nitrogen and oxygen atoms in total. The second kappa shape index (κ2) is 4.49. The normalized spacial score (nSPS) is 18.2. The number of nitrogen functional groups attached to an aromatic ring is 1. The van der Waals surface area contributed by atoms with Crippen molar-refractivity contribution in [3.63, 3.8) is 0 Å². The van der Waals surface area contributed by atoms with E-state index in [1.807, 2.05) is 36.4 Å². The smallest absolute Gasteiger partial charge is 0.158 e. The molecule has 2 aromatic rings. The van der Waals surface area contributed by atoms with Gasteiger partial charge in [0.2, 0.25) is 0 Å². The number of anilines is 1. The summed E-state index contributed by atoms with van der Waals surface area (Å²) in [5.41, 5.74) is 9.46. The topological polar surface area (TPSA) is 60.5 Å². The summed E-state index contributed by atoms with van der Waals surface area (Å²) in [5, 5.41) is 4.13. The summed E-state index contributed by atoms with van der Waals surface area (Å²) in [6.07, 6.45) is 4.28. The maximum Gasteiger partial charge on any atom is 0.158 e. The molecule has 0 amide bonds. The second-order valence-electron chi connectivity index (χ2n) is 4.24. The van der Waals surface area contributed by atoms with E-state index in [9.17, 15) is 0 Å². The summed E-state index contributed by atoms with van der Waals surface area (Å²) >= 11 is 0. The first-order valence-corrected chi connectivity index (χ1v) is 5.81. The number of oxime groups is 1. The van der Waals surface area contributed by atoms with Crippen molar-refractivity contribution in [2.75, 3.05) is 5.73 Å². The van der Waals surface area contributed by atoms with Gasteiger partial charge in [0.25, 0.3) is 0 Å². The Morgan fingerprint density at radius 1 is 1.17 bits per heavy atom. The lowest BCUT2D eigenvalue weighted by molar-refractivity contribution is 0.0857. The monoisotopic (exact) mass is 239 g/mol. The summed E-state index contributed by atoms with van der Waals surface area (Å²) < 4.78 is 0. The Labute approximate surface area is 105 Å². The van der Waals surface area contributed by atoms with Crippen LogP contribution in [0.4, 0.5) is 5.69 Å². The maximum atomic E-state index is 5.67. The minimum Gasteiger partial charge on any atom is -0.399 e. The van der Waals surface area contributed by atoms with Crippen molar-refractivity contribution < 1.29 is 4.84 Å². The fourth-order valence-electron chi connectivity index (χ4n) is 1.97. The zero-order valence-corrected chi connectivity index (χ0v) is 9.78. The standard InChI is InChI=1S/C14H13N3O/c15-12-5-3-10(4-6-12)14-8-13(17-18-14)11-2-1-7-16-9-11/h1-7,9,14H,8,15H2. The van der Waals surface area contributed by atoms with Crippen LogP contribution in [0.15, 0.2) is 53.9 Å². The number of hydrogen-bond acceptors (Lipinski definition) is 4. The lowest BCUT2D eigenvalue weighted by Crippen LogP contribution is -2.02. The minimum atomic E-state index is -0.0270. The van der Waals surface area contributed by atoms with Crippen molar-refractivity contribution in [2.45, 2.75) is 12.5 Å². The van der Waals surface area contributed by atoms with Gasteiger partial charge in [0.05, 0.1) is 5.71 Å². The van der Waals surface area contributed by atoms with E-state index in [2.05, 4.69) is 10.1 Å². The molecular formula is C14H13N3O. The first kappa shape index (κ1) is 10.8. The van der Waals surface area contributed by atoms with E-state index in [0.29, 0.717) is 0 Å². The molecule has 1 aromatic heterocycles. The van der Waals surface area contributed by atoms with Gasteiger partial charge in [0, 0.05) is 30.1 Å². The average Bonchev–Trinajstić information content (AvgIpc) is 2.90. The lowest BCUT2D eigenvalue weighted by atomic mass is 10.0. The first-order valence-electron chi connectivity index (χ1n) is 5.81. The highest BCUT2D eigenvalue weighted by molar-refractivity contribution is 6.01. The molecule has 1 aromatic carbocycles. The Hall–Kier alpha value is -2.36. The van der Waals surface area contributed by atoms with Gasteiger partial charge in [-0.3, -0.25) is 4.98 Å². The number of aromatic nitrogens is 1. The van der Waals surface area contributed by atoms with Gasteiger partial charge in [-0.1, -0.05) is 17.3 Å². The van der Waals surface area contributed by atoms with Gasteiger partial charge in [-0.15, -0.1) is 0 Å². The largest absolute Gasteiger partial charge is 0.399 e. The number of hydrogen-bond donors (Lipinski definition) is 1. The van der Waals surface area contributed by atoms with E-state index in [-0.39, 0.29) is 6.10 Å². The molecule has 3 rings (SSSR count). The van der Waals surface area contributed by atoms with Gasteiger partial charge in [0.1, 0.15) is 0 Å². The molecule has 90 valence electrons. The highest BCUT2D eigenvalue weighted by atomic mass is 16.6. The van der Waals surface area contributed by atoms with Crippen LogP contribution in [0.2, 0.25) is 0 Å². The quantitative estimate of drug-likeness (QED) is 0.819. The van der Waals surface area contributed by atoms with Gasteiger partial charge in [-0.2, -0.15) is 0 Å². The molecule has 1 unspecified atom stereocenters. The van der Waals surface area contributed by atoms with Crippen LogP contribution in [0.25, 0.3) is 0 Å². The highest BCUT2D eigenvalue weighted by Crippen LogP contribution is 2.29. The first-order chi connectivity index (χ1) is 8.83. The van der Waals surface area contributed by atoms with Crippen LogP contribution in [0.5, 0.6) is 0 Å². The number of nitrogens with two attached hydrogens (primary N) is 1. The van der Waals surface area contributed by atoms with Crippen molar-refractivity contribution in [2.24, 2.45) is 5.16 Å². The van der Waals surface area contributed by atoms with E-state index >= 15 is 0 Å². The molecule has 0 aliphatic carbocycles. The molecule has 1 aliphatic heterocycles. The molecule has 2 heterocycles. The Bertz CT molecular complexity index is 563. The van der Waals surface area contributed by atoms with Crippen LogP contribution in [0.3, 0.4) is 0 Å². The molecule has 0 saturated heterocycles. The SMILES string of the molecule is Nc1ccc(C2CC(c3cccnc3)=NO2)cc1. The Morgan fingerprint density at radius 3 is 2.72 bits per heavy atom. The third-order valence-electron chi connectivity index (χ3n) is 2.97. The average molecular weight is 239 g/mol. The molecule has 0 saturated carbocycles. The predicted octanol–water partition coefficient (Wildman–Crippen LogP) is 2.53. The van der Waals surface area contributed by atoms with E-state index in [1.165, 1.54) is 0 Å². The van der Waals surface area contributed by atoms with Crippen molar-refractivity contribution in [3.05, 3.63) is 59.9 Å². The van der Waals surface area contributed by atoms with Gasteiger partial charge in [0.15, 0.2) is 6.10 Å². The third kappa shape index (κ3) is 2.05. The zero-order valence-electron chi connectivity index (χ0n) is 9.78. The van der Waals surface area contributed by atoms with Gasteiger partial charge < -0.3 is 10.6 Å². The number of nitrogens with zero attached hydrogens (tertiary/aromatic N) is 2. The van der Waals surface area contributed by atoms with Crippen LogP contribution in [0, 0.1) is 0 Å². The van der Waals surface area contributed by atoms with Crippen LogP contribution in [-0.4, -0.2) is 10.7 Å². The predicted molar refractivity (Wildman–Crippen MR) is 70.1 cm³/mol. The Kier molecular flexibility index (Phi) is 2.68. The van der Waals surface area contributed by atoms with Gasteiger partial charge >= 0.3 is 0 Å². The Balaban J connectivity index is 1.76. The summed E-state index contributed by atoms with van der Waals surface area (Å²) in [6, 6.07) is 11.6. The molecule has 4 heteroatoms. The molecule has 0 radical (unpaired) electrons. The highest BCUT2D eigenvalue weighted by Gasteiger charge is 2.23. The fourth-order valence-corrected chi connectivity index (χ4v) is 1.97. The molecule has 18 heavy (non-hydrogen) atoms. The van der Waals surface area contributed by atoms with Crippen molar-refractivity contribution in [1.82, 2.24) is 4.98 Å². The third-order valence-corrected chi connectivity index (χ3v) is 2.97. The van der Waals surface area contributed by atoms with E-state index in [1.54, 1.807) is 12.4 Å². The lowest BCUT2D eigenvalue weighted by Gasteiger charge is -2.08. The van der Waals surface area contributed by atoms with Gasteiger partial charge in [-0.25, -0.2) is 0 Å². The van der Waals surface area contributed by atoms with Crippen molar-refractivity contribution in [3.8, 4) is 0 Å². The van der Waals surface area contributed by atoms with Gasteiger partial charge in [-0.05, 0) is 29.8 Å². The fraction of sp³-hybridized carbons (Fsp3) is 0.143. The molecule has 1 aliphatic rings. The molecule has 0 fully saturated rings. The summed E-state index contributed by atoms with van der Waals surface area (Å²) in [4.78, 5) is 9.55. The summed E-state index contributed by atoms with van der Waals surface area (Å²) in [5.74, 6) is 0. The molecule has 2 N–H and O–H groups in total. The van der Waals surface area contributed by atoms with Crippen LogP contribution < -0.4 is 5.73 Å². The van der Waals surface area contributed by atoms with Crippen molar-refractivity contribution in [1.29, 1.82) is 0 Å². The van der Waals surface area contributed by atoms with Crippen LogP contribution in [0.1, 0.15) is 23.7 Å². The summed E-state index contributed by atoms with van der Waals surface area (Å²) in [7, 11) is 0. The molecule has 0 spiro atoms. The number of pyridine rings is 1. The second-order valence-corrected chi connectivity index (χ2v) is 4.24. The molecule has 1 atom stereocenters. The van der Waals surface area contributed by atoms with E-state index < -0.39 is 0 Å². The Morgan fingerprint density at radius 2 is 2.00 bits per heavy atom. The van der Waals surface area contributed by atoms with Crippen LogP contribution >= 0.6 is 0 Å². The van der Waals surface area contributed by atoms with Crippen LogP contribution in [-0.2, 0) is 4.84 Å². The van der Waals surface area contributed by atoms with E-state index in [4.69, 9.17) is 10.6 Å². The summed E-state index contributed by atoms with van der Waals surface area (Å²) in [6.45, 7) is 0. The number of rotatable bonds is 2. The zero-order chi connectivity index (χ0) is 12.4. The van der Waals surface area contributed by atoms with E-state index in [0.717, 1.165) is 28.9 Å². The molecular weight excluding hydrogens is 226 g/mol. The number of benzene rings is 1. The van der Waals surface area contributed by atoms with Crippen molar-refractivity contribution >= 4 is 11.4 Å². The molecule has 0 bridgehead atoms.